The van der Waals surface area contributed by atoms with E-state index in [1.807, 2.05) is 0 Å². The first-order valence-corrected chi connectivity index (χ1v) is 4.60. The number of ether oxygens (including phenoxy) is 1. The van der Waals surface area contributed by atoms with Crippen LogP contribution in [0.15, 0.2) is 0 Å². The third-order valence-electron chi connectivity index (χ3n) is 1.62. The van der Waals surface area contributed by atoms with Crippen molar-refractivity contribution in [2.24, 2.45) is 11.5 Å². The van der Waals surface area contributed by atoms with Crippen molar-refractivity contribution in [2.45, 2.75) is 23.2 Å². The van der Waals surface area contributed by atoms with E-state index >= 15 is 0 Å². The minimum Gasteiger partial charge on any atom is -0.468 e. The van der Waals surface area contributed by atoms with Gasteiger partial charge in [-0.3, -0.25) is 4.79 Å². The van der Waals surface area contributed by atoms with Gasteiger partial charge in [-0.15, -0.1) is 23.2 Å². The fraction of sp³-hybridized carbons (Fsp3) is 0.857. The van der Waals surface area contributed by atoms with Crippen molar-refractivity contribution < 1.29 is 9.53 Å². The molecule has 0 heterocycles. The zero-order valence-corrected chi connectivity index (χ0v) is 8.94. The molecule has 78 valence electrons. The van der Waals surface area contributed by atoms with Crippen molar-refractivity contribution in [3.05, 3.63) is 0 Å². The highest BCUT2D eigenvalue weighted by Crippen LogP contribution is 2.25. The minimum atomic E-state index is -1.01. The van der Waals surface area contributed by atoms with E-state index in [1.165, 1.54) is 7.11 Å². The highest BCUT2D eigenvalue weighted by molar-refractivity contribution is 6.48. The third kappa shape index (κ3) is 5.31. The van der Waals surface area contributed by atoms with Crippen LogP contribution >= 0.6 is 23.2 Å². The molecule has 0 rings (SSSR count). The Bertz CT molecular complexity index is 176. The van der Waals surface area contributed by atoms with Gasteiger partial charge in [0.15, 0.2) is 0 Å². The summed E-state index contributed by atoms with van der Waals surface area (Å²) in [5.74, 6) is -0.471. The van der Waals surface area contributed by atoms with E-state index in [4.69, 9.17) is 34.7 Å². The van der Waals surface area contributed by atoms with Gasteiger partial charge in [0, 0.05) is 6.54 Å². The first kappa shape index (κ1) is 13.0. The van der Waals surface area contributed by atoms with Crippen molar-refractivity contribution in [3.8, 4) is 0 Å². The van der Waals surface area contributed by atoms with Gasteiger partial charge in [0.1, 0.15) is 10.4 Å². The van der Waals surface area contributed by atoms with E-state index in [1.54, 1.807) is 0 Å². The van der Waals surface area contributed by atoms with Crippen LogP contribution in [0.5, 0.6) is 0 Å². The molecule has 0 aromatic heterocycles. The van der Waals surface area contributed by atoms with Crippen molar-refractivity contribution in [1.29, 1.82) is 0 Å². The standard InChI is InChI=1S/C7H14Cl2N2O2/c1-13-6(12)5(11)2-3-7(8,9)4-10/h5H,2-4,10-11H2,1H3/t5-/m0/s1. The monoisotopic (exact) mass is 228 g/mol. The smallest absolute Gasteiger partial charge is 0.322 e. The number of methoxy groups -OCH3 is 1. The van der Waals surface area contributed by atoms with Gasteiger partial charge in [0.2, 0.25) is 0 Å². The van der Waals surface area contributed by atoms with Gasteiger partial charge >= 0.3 is 5.97 Å². The molecule has 6 heteroatoms. The first-order chi connectivity index (χ1) is 5.93. The summed E-state index contributed by atoms with van der Waals surface area (Å²) in [6.07, 6.45) is 0.722. The lowest BCUT2D eigenvalue weighted by Crippen LogP contribution is -2.34. The molecule has 0 aliphatic rings. The summed E-state index contributed by atoms with van der Waals surface area (Å²) in [5.41, 5.74) is 10.7. The number of rotatable bonds is 5. The van der Waals surface area contributed by atoms with E-state index in [9.17, 15) is 4.79 Å². The van der Waals surface area contributed by atoms with Gasteiger partial charge in [-0.05, 0) is 12.8 Å². The largest absolute Gasteiger partial charge is 0.468 e. The highest BCUT2D eigenvalue weighted by atomic mass is 35.5. The molecule has 0 fully saturated rings. The number of hydrogen-bond donors (Lipinski definition) is 2. The molecule has 0 aromatic carbocycles. The lowest BCUT2D eigenvalue weighted by Gasteiger charge is -2.18. The average Bonchev–Trinajstić information content (AvgIpc) is 2.13. The molecule has 4 nitrogen and oxygen atoms in total. The molecule has 0 aliphatic heterocycles. The van der Waals surface area contributed by atoms with Crippen molar-refractivity contribution in [2.75, 3.05) is 13.7 Å². The van der Waals surface area contributed by atoms with Crippen LogP contribution < -0.4 is 11.5 Å². The minimum absolute atomic E-state index is 0.129. The van der Waals surface area contributed by atoms with Gasteiger partial charge < -0.3 is 16.2 Å². The number of halogens is 2. The van der Waals surface area contributed by atoms with E-state index in [0.29, 0.717) is 12.8 Å². The maximum atomic E-state index is 10.9. The Hall–Kier alpha value is -0.0300. The molecule has 0 saturated carbocycles. The molecule has 1 atom stereocenters. The molecule has 13 heavy (non-hydrogen) atoms. The van der Waals surface area contributed by atoms with E-state index in [-0.39, 0.29) is 6.54 Å². The Morgan fingerprint density at radius 1 is 1.62 bits per heavy atom. The van der Waals surface area contributed by atoms with Crippen LogP contribution in [0.2, 0.25) is 0 Å². The predicted octanol–water partition coefficient (Wildman–Crippen LogP) is 0.399. The van der Waals surface area contributed by atoms with Gasteiger partial charge in [0.05, 0.1) is 7.11 Å². The average molecular weight is 229 g/mol. The molecular weight excluding hydrogens is 215 g/mol. The number of hydrogen-bond acceptors (Lipinski definition) is 4. The summed E-state index contributed by atoms with van der Waals surface area (Å²) < 4.78 is 3.42. The Labute approximate surface area is 87.5 Å². The lowest BCUT2D eigenvalue weighted by molar-refractivity contribution is -0.142. The fourth-order valence-corrected chi connectivity index (χ4v) is 0.956. The SMILES string of the molecule is COC(=O)[C@@H](N)CCC(Cl)(Cl)CN. The second-order valence-electron chi connectivity index (χ2n) is 2.73. The van der Waals surface area contributed by atoms with Crippen LogP contribution in [0, 0.1) is 0 Å². The third-order valence-corrected chi connectivity index (χ3v) is 2.31. The predicted molar refractivity (Wildman–Crippen MR) is 52.7 cm³/mol. The molecule has 4 N–H and O–H groups in total. The van der Waals surface area contributed by atoms with Crippen LogP contribution in [-0.4, -0.2) is 30.0 Å². The summed E-state index contributed by atoms with van der Waals surface area (Å²) in [7, 11) is 1.28. The zero-order valence-electron chi connectivity index (χ0n) is 7.43. The molecule has 0 saturated heterocycles. The molecule has 0 aliphatic carbocycles. The van der Waals surface area contributed by atoms with Crippen LogP contribution in [0.3, 0.4) is 0 Å². The van der Waals surface area contributed by atoms with Crippen LogP contribution in [-0.2, 0) is 9.53 Å². The summed E-state index contributed by atoms with van der Waals surface area (Å²) in [6, 6.07) is -0.687. The highest BCUT2D eigenvalue weighted by Gasteiger charge is 2.24. The normalized spacial score (nSPS) is 13.9. The number of esters is 1. The van der Waals surface area contributed by atoms with E-state index in [2.05, 4.69) is 4.74 Å². The van der Waals surface area contributed by atoms with E-state index in [0.717, 1.165) is 0 Å². The van der Waals surface area contributed by atoms with Gasteiger partial charge in [-0.25, -0.2) is 0 Å². The van der Waals surface area contributed by atoms with Crippen molar-refractivity contribution in [3.63, 3.8) is 0 Å². The summed E-state index contributed by atoms with van der Waals surface area (Å²) in [4.78, 5) is 10.9. The maximum absolute atomic E-state index is 10.9. The van der Waals surface area contributed by atoms with Crippen LogP contribution in [0.4, 0.5) is 0 Å². The molecule has 0 bridgehead atoms. The van der Waals surface area contributed by atoms with Crippen LogP contribution in [0.1, 0.15) is 12.8 Å². The first-order valence-electron chi connectivity index (χ1n) is 3.84. The Morgan fingerprint density at radius 3 is 2.54 bits per heavy atom. The number of carbonyl (C=O) groups is 1. The molecule has 0 amide bonds. The Morgan fingerprint density at radius 2 is 2.15 bits per heavy atom. The zero-order chi connectivity index (χ0) is 10.5. The van der Waals surface area contributed by atoms with Gasteiger partial charge in [0.25, 0.3) is 0 Å². The number of carbonyl (C=O) groups excluding carboxylic acids is 1. The lowest BCUT2D eigenvalue weighted by atomic mass is 10.1. The van der Waals surface area contributed by atoms with Crippen molar-refractivity contribution in [1.82, 2.24) is 0 Å². The van der Waals surface area contributed by atoms with Crippen molar-refractivity contribution >= 4 is 29.2 Å². The molecular formula is C7H14Cl2N2O2. The number of nitrogens with two attached hydrogens (primary N) is 2. The van der Waals surface area contributed by atoms with E-state index < -0.39 is 16.3 Å². The summed E-state index contributed by atoms with van der Waals surface area (Å²) >= 11 is 11.5. The Balaban J connectivity index is 3.82. The molecule has 0 spiro atoms. The second kappa shape index (κ2) is 5.65. The summed E-state index contributed by atoms with van der Waals surface area (Å²) in [5, 5.41) is 0. The molecule has 0 aromatic rings. The van der Waals surface area contributed by atoms with Gasteiger partial charge in [-0.2, -0.15) is 0 Å². The fourth-order valence-electron chi connectivity index (χ4n) is 0.738. The van der Waals surface area contributed by atoms with Crippen LogP contribution in [0.25, 0.3) is 0 Å². The molecule has 0 radical (unpaired) electrons. The second-order valence-corrected chi connectivity index (χ2v) is 4.37. The Kier molecular flexibility index (Phi) is 5.64. The quantitative estimate of drug-likeness (QED) is 0.528. The van der Waals surface area contributed by atoms with Gasteiger partial charge in [-0.1, -0.05) is 0 Å². The summed E-state index contributed by atoms with van der Waals surface area (Å²) in [6.45, 7) is 0.129. The maximum Gasteiger partial charge on any atom is 0.322 e. The molecule has 0 unspecified atom stereocenters. The topological polar surface area (TPSA) is 78.3 Å². The number of alkyl halides is 2.